The first kappa shape index (κ1) is 16.6. The zero-order valence-electron chi connectivity index (χ0n) is 15.1. The molecule has 0 spiro atoms. The number of aromatic nitrogens is 2. The van der Waals surface area contributed by atoms with E-state index in [4.69, 9.17) is 4.98 Å². The lowest BCUT2D eigenvalue weighted by atomic mass is 9.91. The fourth-order valence-electron chi connectivity index (χ4n) is 3.72. The van der Waals surface area contributed by atoms with Crippen LogP contribution in [0.15, 0.2) is 52.7 Å². The summed E-state index contributed by atoms with van der Waals surface area (Å²) in [5.41, 5.74) is 5.69. The van der Waals surface area contributed by atoms with Crippen molar-refractivity contribution in [3.05, 3.63) is 58.9 Å². The molecule has 0 unspecified atom stereocenters. The van der Waals surface area contributed by atoms with E-state index >= 15 is 0 Å². The quantitative estimate of drug-likeness (QED) is 0.926. The van der Waals surface area contributed by atoms with Crippen molar-refractivity contribution in [1.82, 2.24) is 15.3 Å². The van der Waals surface area contributed by atoms with Crippen LogP contribution in [-0.4, -0.2) is 28.1 Å². The molecule has 2 aliphatic rings. The second kappa shape index (κ2) is 6.83. The number of rotatable bonds is 3. The molecule has 1 aliphatic carbocycles. The topological polar surface area (TPSA) is 67.2 Å². The number of aryl methyl sites for hydroxylation is 1. The predicted octanol–water partition coefficient (Wildman–Crippen LogP) is 3.43. The van der Waals surface area contributed by atoms with Crippen molar-refractivity contribution >= 4 is 11.6 Å². The van der Waals surface area contributed by atoms with Crippen LogP contribution < -0.4 is 5.32 Å². The van der Waals surface area contributed by atoms with E-state index in [1.54, 1.807) is 0 Å². The number of amides is 1. The molecule has 1 N–H and O–H groups in total. The Hall–Kier alpha value is -2.82. The number of benzene rings is 1. The van der Waals surface area contributed by atoms with Gasteiger partial charge in [0.2, 0.25) is 0 Å². The minimum absolute atomic E-state index is 0.0359. The Bertz CT molecular complexity index is 915. The summed E-state index contributed by atoms with van der Waals surface area (Å²) in [6.07, 6.45) is 4.72. The number of aliphatic imine (C=N–C) groups is 1. The van der Waals surface area contributed by atoms with Gasteiger partial charge in [-0.05, 0) is 38.7 Å². The molecule has 0 saturated carbocycles. The van der Waals surface area contributed by atoms with Crippen LogP contribution in [0.1, 0.15) is 44.0 Å². The number of nitrogens with zero attached hydrogens (tertiary/aromatic N) is 3. The summed E-state index contributed by atoms with van der Waals surface area (Å²) in [5, 5.41) is 3.18. The van der Waals surface area contributed by atoms with Crippen LogP contribution in [0.5, 0.6) is 0 Å². The molecule has 1 aromatic heterocycles. The lowest BCUT2D eigenvalue weighted by molar-refractivity contribution is -0.117. The Morgan fingerprint density at radius 3 is 2.73 bits per heavy atom. The minimum atomic E-state index is -0.0372. The van der Waals surface area contributed by atoms with Crippen molar-refractivity contribution in [3.63, 3.8) is 0 Å². The van der Waals surface area contributed by atoms with Gasteiger partial charge in [0.25, 0.3) is 5.91 Å². The molecule has 0 fully saturated rings. The van der Waals surface area contributed by atoms with E-state index in [1.165, 1.54) is 0 Å². The molecule has 1 amide bonds. The van der Waals surface area contributed by atoms with E-state index in [1.807, 2.05) is 50.4 Å². The third-order valence-corrected chi connectivity index (χ3v) is 5.09. The lowest BCUT2D eigenvalue weighted by Gasteiger charge is -2.26. The van der Waals surface area contributed by atoms with Crippen molar-refractivity contribution in [2.45, 2.75) is 39.2 Å². The Balaban J connectivity index is 1.59. The van der Waals surface area contributed by atoms with Crippen LogP contribution in [0.3, 0.4) is 0 Å². The van der Waals surface area contributed by atoms with E-state index in [2.05, 4.69) is 15.3 Å². The maximum Gasteiger partial charge on any atom is 0.253 e. The van der Waals surface area contributed by atoms with Crippen molar-refractivity contribution < 1.29 is 4.79 Å². The molecule has 5 heteroatoms. The van der Waals surface area contributed by atoms with Crippen LogP contribution in [0, 0.1) is 0 Å². The van der Waals surface area contributed by atoms with Crippen molar-refractivity contribution in [3.8, 4) is 11.4 Å². The molecule has 2 heterocycles. The Labute approximate surface area is 153 Å². The third-order valence-electron chi connectivity index (χ3n) is 5.09. The zero-order chi connectivity index (χ0) is 18.1. The normalized spacial score (nSPS) is 19.2. The maximum absolute atomic E-state index is 12.7. The fourth-order valence-corrected chi connectivity index (χ4v) is 3.72. The van der Waals surface area contributed by atoms with Crippen LogP contribution in [-0.2, 0) is 11.2 Å². The molecule has 132 valence electrons. The van der Waals surface area contributed by atoms with Crippen molar-refractivity contribution in [1.29, 1.82) is 0 Å². The van der Waals surface area contributed by atoms with Crippen LogP contribution in [0.4, 0.5) is 0 Å². The molecule has 5 nitrogen and oxygen atoms in total. The summed E-state index contributed by atoms with van der Waals surface area (Å²) >= 11 is 0. The highest BCUT2D eigenvalue weighted by molar-refractivity contribution is 6.22. The van der Waals surface area contributed by atoms with E-state index in [0.717, 1.165) is 58.8 Å². The average molecular weight is 346 g/mol. The summed E-state index contributed by atoms with van der Waals surface area (Å²) in [6.45, 7) is 4.49. The Morgan fingerprint density at radius 1 is 1.19 bits per heavy atom. The molecule has 1 atom stereocenters. The molecule has 26 heavy (non-hydrogen) atoms. The molecule has 0 radical (unpaired) electrons. The van der Waals surface area contributed by atoms with Gasteiger partial charge in [0, 0.05) is 28.7 Å². The summed E-state index contributed by atoms with van der Waals surface area (Å²) in [4.78, 5) is 26.4. The number of hydrogen-bond donors (Lipinski definition) is 1. The van der Waals surface area contributed by atoms with Gasteiger partial charge in [-0.2, -0.15) is 0 Å². The molecule has 1 aliphatic heterocycles. The second-order valence-electron chi connectivity index (χ2n) is 6.94. The van der Waals surface area contributed by atoms with Gasteiger partial charge in [0.05, 0.1) is 18.2 Å². The molecule has 4 rings (SSSR count). The van der Waals surface area contributed by atoms with Gasteiger partial charge in [-0.1, -0.05) is 30.3 Å². The first-order valence-electron chi connectivity index (χ1n) is 9.07. The summed E-state index contributed by atoms with van der Waals surface area (Å²) in [5.74, 6) is 0.708. The number of carbonyl (C=O) groups excluding carboxylic acids is 1. The number of fused-ring (bicyclic) bond motifs is 1. The van der Waals surface area contributed by atoms with Gasteiger partial charge in [-0.3, -0.25) is 9.79 Å². The highest BCUT2D eigenvalue weighted by atomic mass is 16.1. The van der Waals surface area contributed by atoms with E-state index in [0.29, 0.717) is 6.54 Å². The van der Waals surface area contributed by atoms with Gasteiger partial charge in [-0.25, -0.2) is 9.97 Å². The molecule has 0 bridgehead atoms. The molecule has 2 aromatic rings. The monoisotopic (exact) mass is 346 g/mol. The van der Waals surface area contributed by atoms with Gasteiger partial charge in [-0.15, -0.1) is 0 Å². The van der Waals surface area contributed by atoms with Gasteiger partial charge in [0.15, 0.2) is 5.82 Å². The molecule has 0 saturated heterocycles. The Morgan fingerprint density at radius 2 is 2.00 bits per heavy atom. The van der Waals surface area contributed by atoms with E-state index < -0.39 is 0 Å². The Kier molecular flexibility index (Phi) is 4.37. The maximum atomic E-state index is 12.7. The number of nitrogens with one attached hydrogen (secondary N) is 1. The van der Waals surface area contributed by atoms with Crippen LogP contribution in [0.25, 0.3) is 11.4 Å². The van der Waals surface area contributed by atoms with E-state index in [9.17, 15) is 4.79 Å². The molecular weight excluding hydrogens is 324 g/mol. The van der Waals surface area contributed by atoms with Crippen molar-refractivity contribution in [2.24, 2.45) is 4.99 Å². The fraction of sp³-hybridized carbons (Fsp3) is 0.333. The first-order valence-corrected chi connectivity index (χ1v) is 9.07. The minimum Gasteiger partial charge on any atom is -0.345 e. The van der Waals surface area contributed by atoms with Gasteiger partial charge in [0.1, 0.15) is 0 Å². The smallest absolute Gasteiger partial charge is 0.253 e. The average Bonchev–Trinajstić information content (AvgIpc) is 3.00. The second-order valence-corrected chi connectivity index (χ2v) is 6.94. The zero-order valence-corrected chi connectivity index (χ0v) is 15.1. The predicted molar refractivity (Wildman–Crippen MR) is 102 cm³/mol. The van der Waals surface area contributed by atoms with Crippen molar-refractivity contribution in [2.75, 3.05) is 6.54 Å². The SMILES string of the molecule is CC1=NCC(C)=C1C(=O)N[C@@H]1CCCc2nc(-c3ccccc3)ncc21. The molecule has 1 aromatic carbocycles. The van der Waals surface area contributed by atoms with Gasteiger partial charge < -0.3 is 5.32 Å². The summed E-state index contributed by atoms with van der Waals surface area (Å²) in [6, 6.07) is 9.96. The third kappa shape index (κ3) is 3.05. The van der Waals surface area contributed by atoms with Crippen LogP contribution in [0.2, 0.25) is 0 Å². The molecular formula is C21H22N4O. The highest BCUT2D eigenvalue weighted by Crippen LogP contribution is 2.30. The first-order chi connectivity index (χ1) is 12.6. The number of hydrogen-bond acceptors (Lipinski definition) is 4. The lowest BCUT2D eigenvalue weighted by Crippen LogP contribution is -2.34. The standard InChI is InChI=1S/C21H22N4O/c1-13-11-22-14(2)19(13)21(26)25-18-10-6-9-17-16(18)12-23-20(24-17)15-7-4-3-5-8-15/h3-5,7-8,12,18H,6,9-11H2,1-2H3,(H,25,26)/t18-/m1/s1. The number of carbonyl (C=O) groups is 1. The van der Waals surface area contributed by atoms with Crippen LogP contribution >= 0.6 is 0 Å². The van der Waals surface area contributed by atoms with E-state index in [-0.39, 0.29) is 11.9 Å². The summed E-state index contributed by atoms with van der Waals surface area (Å²) in [7, 11) is 0. The largest absolute Gasteiger partial charge is 0.345 e. The van der Waals surface area contributed by atoms with Gasteiger partial charge >= 0.3 is 0 Å². The summed E-state index contributed by atoms with van der Waals surface area (Å²) < 4.78 is 0. The highest BCUT2D eigenvalue weighted by Gasteiger charge is 2.27.